The van der Waals surface area contributed by atoms with Gasteiger partial charge in [0.2, 0.25) is 0 Å². The van der Waals surface area contributed by atoms with Crippen LogP contribution in [0.5, 0.6) is 0 Å². The molecule has 0 unspecified atom stereocenters. The highest BCUT2D eigenvalue weighted by Gasteiger charge is 2.14. The van der Waals surface area contributed by atoms with Gasteiger partial charge in [0.1, 0.15) is 5.82 Å². The lowest BCUT2D eigenvalue weighted by Crippen LogP contribution is -2.04. The predicted molar refractivity (Wildman–Crippen MR) is 69.1 cm³/mol. The third-order valence-electron chi connectivity index (χ3n) is 2.66. The van der Waals surface area contributed by atoms with Crippen LogP contribution in [0.1, 0.15) is 23.1 Å². The first-order chi connectivity index (χ1) is 8.04. The first-order valence-electron chi connectivity index (χ1n) is 5.34. The molecule has 0 aliphatic carbocycles. The van der Waals surface area contributed by atoms with Gasteiger partial charge in [-0.15, -0.1) is 0 Å². The van der Waals surface area contributed by atoms with Crippen molar-refractivity contribution in [2.45, 2.75) is 13.8 Å². The molecule has 0 aliphatic rings. The molecule has 0 amide bonds. The number of ether oxygens (including phenoxy) is 1. The molecule has 17 heavy (non-hydrogen) atoms. The van der Waals surface area contributed by atoms with Crippen LogP contribution in [0.4, 0.5) is 0 Å². The number of hydrogen-bond acceptors (Lipinski definition) is 3. The standard InChI is InChI=1S/C12H13BrN2O2/c1-4-17-12(16)8-5-9(13)11-10(6-8)14-7(2)15(11)3/h5-6H,4H2,1-3H3. The first-order valence-corrected chi connectivity index (χ1v) is 6.13. The van der Waals surface area contributed by atoms with E-state index in [1.807, 2.05) is 18.5 Å². The molecule has 0 fully saturated rings. The number of nitrogens with zero attached hydrogens (tertiary/aromatic N) is 2. The Labute approximate surface area is 108 Å². The summed E-state index contributed by atoms with van der Waals surface area (Å²) in [5.41, 5.74) is 2.29. The summed E-state index contributed by atoms with van der Waals surface area (Å²) in [7, 11) is 1.94. The summed E-state index contributed by atoms with van der Waals surface area (Å²) < 4.78 is 7.80. The zero-order valence-corrected chi connectivity index (χ0v) is 11.5. The van der Waals surface area contributed by atoms with E-state index in [0.717, 1.165) is 21.3 Å². The Balaban J connectivity index is 2.60. The molecule has 0 saturated heterocycles. The van der Waals surface area contributed by atoms with E-state index in [1.165, 1.54) is 0 Å². The lowest BCUT2D eigenvalue weighted by molar-refractivity contribution is 0.0526. The smallest absolute Gasteiger partial charge is 0.338 e. The summed E-state index contributed by atoms with van der Waals surface area (Å²) in [5, 5.41) is 0. The van der Waals surface area contributed by atoms with E-state index >= 15 is 0 Å². The van der Waals surface area contributed by atoms with Gasteiger partial charge in [0.25, 0.3) is 0 Å². The van der Waals surface area contributed by atoms with Crippen LogP contribution in [0.15, 0.2) is 16.6 Å². The van der Waals surface area contributed by atoms with Crippen molar-refractivity contribution in [2.75, 3.05) is 6.61 Å². The molecule has 4 nitrogen and oxygen atoms in total. The van der Waals surface area contributed by atoms with E-state index < -0.39 is 0 Å². The Bertz CT molecular complexity index is 590. The van der Waals surface area contributed by atoms with Crippen molar-refractivity contribution < 1.29 is 9.53 Å². The maximum atomic E-state index is 11.7. The molecule has 1 aromatic heterocycles. The second-order valence-corrected chi connectivity index (χ2v) is 4.62. The summed E-state index contributed by atoms with van der Waals surface area (Å²) in [6.07, 6.45) is 0. The molecule has 90 valence electrons. The van der Waals surface area contributed by atoms with E-state index in [9.17, 15) is 4.79 Å². The van der Waals surface area contributed by atoms with Crippen molar-refractivity contribution in [3.05, 3.63) is 28.0 Å². The summed E-state index contributed by atoms with van der Waals surface area (Å²) in [6, 6.07) is 3.52. The Hall–Kier alpha value is -1.36. The van der Waals surface area contributed by atoms with Crippen LogP contribution in [0.25, 0.3) is 11.0 Å². The molecule has 0 spiro atoms. The summed E-state index contributed by atoms with van der Waals surface area (Å²) in [4.78, 5) is 16.1. The quantitative estimate of drug-likeness (QED) is 0.801. The van der Waals surface area contributed by atoms with Gasteiger partial charge >= 0.3 is 5.97 Å². The third kappa shape index (κ3) is 2.07. The Morgan fingerprint density at radius 2 is 2.24 bits per heavy atom. The van der Waals surface area contributed by atoms with Gasteiger partial charge < -0.3 is 9.30 Å². The largest absolute Gasteiger partial charge is 0.462 e. The van der Waals surface area contributed by atoms with Crippen LogP contribution in [-0.2, 0) is 11.8 Å². The second-order valence-electron chi connectivity index (χ2n) is 3.76. The highest BCUT2D eigenvalue weighted by atomic mass is 79.9. The SMILES string of the molecule is CCOC(=O)c1cc(Br)c2c(c1)nc(C)n2C. The zero-order valence-electron chi connectivity index (χ0n) is 9.95. The summed E-state index contributed by atoms with van der Waals surface area (Å²) in [6.45, 7) is 4.09. The first kappa shape index (κ1) is 12.1. The highest BCUT2D eigenvalue weighted by Crippen LogP contribution is 2.26. The fraction of sp³-hybridized carbons (Fsp3) is 0.333. The number of hydrogen-bond donors (Lipinski definition) is 0. The molecular formula is C12H13BrN2O2. The predicted octanol–water partition coefficient (Wildman–Crippen LogP) is 2.82. The van der Waals surface area contributed by atoms with Crippen molar-refractivity contribution in [3.8, 4) is 0 Å². The maximum absolute atomic E-state index is 11.7. The minimum absolute atomic E-state index is 0.321. The van der Waals surface area contributed by atoms with Gasteiger partial charge in [0.05, 0.1) is 23.2 Å². The molecule has 1 aromatic carbocycles. The number of halogens is 1. The molecule has 0 N–H and O–H groups in total. The van der Waals surface area contributed by atoms with Crippen molar-refractivity contribution in [1.29, 1.82) is 0 Å². The van der Waals surface area contributed by atoms with Crippen LogP contribution in [-0.4, -0.2) is 22.1 Å². The Morgan fingerprint density at radius 3 is 2.88 bits per heavy atom. The van der Waals surface area contributed by atoms with E-state index in [1.54, 1.807) is 19.1 Å². The van der Waals surface area contributed by atoms with Gasteiger partial charge in [-0.2, -0.15) is 0 Å². The minimum atomic E-state index is -0.321. The van der Waals surface area contributed by atoms with E-state index in [-0.39, 0.29) is 5.97 Å². The second kappa shape index (κ2) is 4.49. The highest BCUT2D eigenvalue weighted by molar-refractivity contribution is 9.10. The molecular weight excluding hydrogens is 284 g/mol. The van der Waals surface area contributed by atoms with Gasteiger partial charge in [0.15, 0.2) is 0 Å². The number of rotatable bonds is 2. The van der Waals surface area contributed by atoms with Gasteiger partial charge in [-0.1, -0.05) is 0 Å². The maximum Gasteiger partial charge on any atom is 0.338 e. The van der Waals surface area contributed by atoms with E-state index in [4.69, 9.17) is 4.74 Å². The van der Waals surface area contributed by atoms with Gasteiger partial charge in [-0.05, 0) is 41.9 Å². The van der Waals surface area contributed by atoms with E-state index in [0.29, 0.717) is 12.2 Å². The number of fused-ring (bicyclic) bond motifs is 1. The number of imidazole rings is 1. The van der Waals surface area contributed by atoms with Crippen molar-refractivity contribution in [2.24, 2.45) is 7.05 Å². The number of benzene rings is 1. The number of aromatic nitrogens is 2. The fourth-order valence-electron chi connectivity index (χ4n) is 1.75. The van der Waals surface area contributed by atoms with Gasteiger partial charge in [0, 0.05) is 11.5 Å². The number of esters is 1. The van der Waals surface area contributed by atoms with Crippen LogP contribution < -0.4 is 0 Å². The molecule has 0 radical (unpaired) electrons. The normalized spacial score (nSPS) is 10.8. The number of carbonyl (C=O) groups is 1. The average molecular weight is 297 g/mol. The van der Waals surface area contributed by atoms with Crippen molar-refractivity contribution in [1.82, 2.24) is 9.55 Å². The third-order valence-corrected chi connectivity index (χ3v) is 3.26. The summed E-state index contributed by atoms with van der Waals surface area (Å²) in [5.74, 6) is 0.583. The molecule has 5 heteroatoms. The minimum Gasteiger partial charge on any atom is -0.462 e. The Morgan fingerprint density at radius 1 is 1.53 bits per heavy atom. The molecule has 2 rings (SSSR count). The molecule has 2 aromatic rings. The van der Waals surface area contributed by atoms with Gasteiger partial charge in [-0.3, -0.25) is 0 Å². The van der Waals surface area contributed by atoms with E-state index in [2.05, 4.69) is 20.9 Å². The van der Waals surface area contributed by atoms with Crippen LogP contribution in [0, 0.1) is 6.92 Å². The Kier molecular flexibility index (Phi) is 3.19. The molecule has 0 bridgehead atoms. The average Bonchev–Trinajstić information content (AvgIpc) is 2.55. The van der Waals surface area contributed by atoms with Crippen molar-refractivity contribution >= 4 is 32.9 Å². The molecule has 0 atom stereocenters. The molecule has 0 saturated carbocycles. The summed E-state index contributed by atoms with van der Waals surface area (Å²) >= 11 is 3.46. The van der Waals surface area contributed by atoms with Crippen LogP contribution in [0.2, 0.25) is 0 Å². The molecule has 1 heterocycles. The van der Waals surface area contributed by atoms with Crippen LogP contribution >= 0.6 is 15.9 Å². The lowest BCUT2D eigenvalue weighted by atomic mass is 10.2. The zero-order chi connectivity index (χ0) is 12.6. The monoisotopic (exact) mass is 296 g/mol. The van der Waals surface area contributed by atoms with Crippen molar-refractivity contribution in [3.63, 3.8) is 0 Å². The number of aryl methyl sites for hydroxylation is 2. The topological polar surface area (TPSA) is 44.1 Å². The molecule has 0 aliphatic heterocycles. The van der Waals surface area contributed by atoms with Gasteiger partial charge in [-0.25, -0.2) is 9.78 Å². The fourth-order valence-corrected chi connectivity index (χ4v) is 2.46. The lowest BCUT2D eigenvalue weighted by Gasteiger charge is -2.04. The van der Waals surface area contributed by atoms with Crippen LogP contribution in [0.3, 0.4) is 0 Å². The number of carbonyl (C=O) groups excluding carboxylic acids is 1.